The van der Waals surface area contributed by atoms with Crippen molar-refractivity contribution < 1.29 is 4.74 Å². The van der Waals surface area contributed by atoms with E-state index in [1.807, 2.05) is 91.1 Å². The van der Waals surface area contributed by atoms with Crippen LogP contribution >= 0.6 is 12.2 Å². The lowest BCUT2D eigenvalue weighted by Gasteiger charge is -2.21. The number of fused-ring (bicyclic) bond motifs is 1. The van der Waals surface area contributed by atoms with Gasteiger partial charge in [-0.25, -0.2) is 9.97 Å². The summed E-state index contributed by atoms with van der Waals surface area (Å²) in [4.78, 5) is 18.2. The van der Waals surface area contributed by atoms with E-state index in [2.05, 4.69) is 15.3 Å². The lowest BCUT2D eigenvalue weighted by Crippen LogP contribution is -2.30. The lowest BCUT2D eigenvalue weighted by molar-refractivity contribution is 0.415. The lowest BCUT2D eigenvalue weighted by atomic mass is 10.1. The Morgan fingerprint density at radius 1 is 0.879 bits per heavy atom. The number of anilines is 2. The first-order chi connectivity index (χ1) is 16.1. The average Bonchev–Trinajstić information content (AvgIpc) is 3.57. The van der Waals surface area contributed by atoms with E-state index < -0.39 is 0 Å². The number of aromatic nitrogens is 4. The van der Waals surface area contributed by atoms with Gasteiger partial charge in [-0.1, -0.05) is 0 Å². The molecule has 0 saturated carbocycles. The largest absolute Gasteiger partial charge is 0.497 e. The highest BCUT2D eigenvalue weighted by Crippen LogP contribution is 2.30. The topological polar surface area (TPSA) is 81.9 Å². The minimum absolute atomic E-state index is 0.570. The maximum absolute atomic E-state index is 5.63. The van der Waals surface area contributed by atoms with Crippen LogP contribution in [0.5, 0.6) is 5.75 Å². The maximum atomic E-state index is 5.63. The third-order valence-electron chi connectivity index (χ3n) is 5.39. The van der Waals surface area contributed by atoms with Crippen LogP contribution in [0.4, 0.5) is 11.4 Å². The van der Waals surface area contributed by atoms with Crippen molar-refractivity contribution in [3.8, 4) is 28.5 Å². The number of benzene rings is 2. The molecule has 5 aromatic rings. The molecule has 0 fully saturated rings. The summed E-state index contributed by atoms with van der Waals surface area (Å²) in [6.45, 7) is 0. The number of nitrogens with one attached hydrogen (secondary N) is 3. The van der Waals surface area contributed by atoms with Crippen molar-refractivity contribution in [3.63, 3.8) is 0 Å². The standard InChI is InChI=1S/C25H22N6OS/c1-31(17-8-10-18(32-2)11-9-17)25(33)28-16-7-12-19-22(15-16)30-24(21-6-4-14-27-21)23(29-19)20-5-3-13-26-20/h3-15,26-27H,1-2H3,(H,28,33). The Bertz CT molecular complexity index is 1400. The third-order valence-corrected chi connectivity index (χ3v) is 5.76. The molecule has 0 spiro atoms. The van der Waals surface area contributed by atoms with Crippen LogP contribution in [0.25, 0.3) is 33.8 Å². The van der Waals surface area contributed by atoms with Crippen molar-refractivity contribution in [1.29, 1.82) is 0 Å². The molecule has 5 rings (SSSR count). The summed E-state index contributed by atoms with van der Waals surface area (Å²) in [5.41, 5.74) is 6.77. The Morgan fingerprint density at radius 2 is 1.52 bits per heavy atom. The minimum atomic E-state index is 0.570. The van der Waals surface area contributed by atoms with E-state index in [9.17, 15) is 0 Å². The number of H-pyrrole nitrogens is 2. The number of aromatic amines is 2. The van der Waals surface area contributed by atoms with Crippen molar-refractivity contribution >= 4 is 39.7 Å². The molecule has 3 N–H and O–H groups in total. The van der Waals surface area contributed by atoms with Crippen LogP contribution in [0.3, 0.4) is 0 Å². The first-order valence-electron chi connectivity index (χ1n) is 10.4. The molecule has 2 aromatic carbocycles. The van der Waals surface area contributed by atoms with E-state index in [4.69, 9.17) is 26.9 Å². The van der Waals surface area contributed by atoms with Crippen molar-refractivity contribution in [3.05, 3.63) is 79.1 Å². The normalized spacial score (nSPS) is 10.8. The predicted octanol–water partition coefficient (Wildman–Crippen LogP) is 5.46. The van der Waals surface area contributed by atoms with Gasteiger partial charge in [0.25, 0.3) is 0 Å². The second-order valence-corrected chi connectivity index (χ2v) is 7.87. The molecule has 0 amide bonds. The first-order valence-corrected chi connectivity index (χ1v) is 10.8. The number of hydrogen-bond donors (Lipinski definition) is 3. The second kappa shape index (κ2) is 8.76. The summed E-state index contributed by atoms with van der Waals surface area (Å²) in [6.07, 6.45) is 3.76. The second-order valence-electron chi connectivity index (χ2n) is 7.48. The fourth-order valence-electron chi connectivity index (χ4n) is 3.59. The average molecular weight is 455 g/mol. The molecule has 0 aliphatic rings. The molecule has 7 nitrogen and oxygen atoms in total. The summed E-state index contributed by atoms with van der Waals surface area (Å²) >= 11 is 5.63. The SMILES string of the molecule is COc1ccc(N(C)C(=S)Nc2ccc3nc(-c4ccc[nH]4)c(-c4ccc[nH]4)nc3c2)cc1. The van der Waals surface area contributed by atoms with Gasteiger partial charge in [-0.2, -0.15) is 0 Å². The molecule has 0 aliphatic heterocycles. The number of ether oxygens (including phenoxy) is 1. The van der Waals surface area contributed by atoms with Crippen molar-refractivity contribution in [1.82, 2.24) is 19.9 Å². The van der Waals surface area contributed by atoms with Crippen LogP contribution in [0.2, 0.25) is 0 Å². The Kier molecular flexibility index (Phi) is 5.50. The van der Waals surface area contributed by atoms with Gasteiger partial charge >= 0.3 is 0 Å². The zero-order valence-electron chi connectivity index (χ0n) is 18.2. The third kappa shape index (κ3) is 4.16. The Hall–Kier alpha value is -4.17. The van der Waals surface area contributed by atoms with E-state index in [1.54, 1.807) is 7.11 Å². The molecule has 3 aromatic heterocycles. The molecule has 0 aliphatic carbocycles. The van der Waals surface area contributed by atoms with Crippen LogP contribution in [0.15, 0.2) is 79.1 Å². The zero-order chi connectivity index (χ0) is 22.8. The molecular weight excluding hydrogens is 432 g/mol. The predicted molar refractivity (Wildman–Crippen MR) is 137 cm³/mol. The molecular formula is C25H22N6OS. The Morgan fingerprint density at radius 3 is 2.09 bits per heavy atom. The summed E-state index contributed by atoms with van der Waals surface area (Å²) in [6, 6.07) is 21.5. The quantitative estimate of drug-likeness (QED) is 0.306. The highest BCUT2D eigenvalue weighted by molar-refractivity contribution is 7.80. The van der Waals surface area contributed by atoms with Gasteiger partial charge in [0.2, 0.25) is 0 Å². The van der Waals surface area contributed by atoms with Crippen LogP contribution in [0.1, 0.15) is 0 Å². The molecule has 3 heterocycles. The van der Waals surface area contributed by atoms with Crippen LogP contribution in [-0.2, 0) is 0 Å². The fraction of sp³-hybridized carbons (Fsp3) is 0.0800. The number of nitrogens with zero attached hydrogens (tertiary/aromatic N) is 3. The van der Waals surface area contributed by atoms with Crippen LogP contribution in [0, 0.1) is 0 Å². The van der Waals surface area contributed by atoms with Crippen molar-refractivity contribution in [2.45, 2.75) is 0 Å². The number of rotatable bonds is 5. The fourth-order valence-corrected chi connectivity index (χ4v) is 3.82. The van der Waals surface area contributed by atoms with Gasteiger partial charge < -0.3 is 24.9 Å². The van der Waals surface area contributed by atoms with Crippen LogP contribution < -0.4 is 15.0 Å². The Balaban J connectivity index is 1.46. The molecule has 0 bridgehead atoms. The van der Waals surface area contributed by atoms with Crippen LogP contribution in [-0.4, -0.2) is 39.2 Å². The van der Waals surface area contributed by atoms with E-state index in [0.717, 1.165) is 50.9 Å². The first kappa shape index (κ1) is 20.7. The highest BCUT2D eigenvalue weighted by Gasteiger charge is 2.15. The van der Waals surface area contributed by atoms with Gasteiger partial charge in [0, 0.05) is 30.8 Å². The molecule has 0 atom stereocenters. The zero-order valence-corrected chi connectivity index (χ0v) is 19.0. The Labute approximate surface area is 196 Å². The molecule has 0 saturated heterocycles. The molecule has 164 valence electrons. The minimum Gasteiger partial charge on any atom is -0.497 e. The monoisotopic (exact) mass is 454 g/mol. The number of thiocarbonyl (C=S) groups is 1. The van der Waals surface area contributed by atoms with Gasteiger partial charge in [0.1, 0.15) is 17.1 Å². The molecule has 0 unspecified atom stereocenters. The molecule has 0 radical (unpaired) electrons. The van der Waals surface area contributed by atoms with Gasteiger partial charge in [0.15, 0.2) is 5.11 Å². The van der Waals surface area contributed by atoms with Crippen molar-refractivity contribution in [2.75, 3.05) is 24.4 Å². The summed E-state index contributed by atoms with van der Waals surface area (Å²) in [5, 5.41) is 3.87. The number of hydrogen-bond acceptors (Lipinski definition) is 4. The highest BCUT2D eigenvalue weighted by atomic mass is 32.1. The van der Waals surface area contributed by atoms with Gasteiger partial charge in [-0.3, -0.25) is 0 Å². The summed E-state index contributed by atoms with van der Waals surface area (Å²) in [5.74, 6) is 0.802. The van der Waals surface area contributed by atoms with E-state index in [0.29, 0.717) is 5.11 Å². The summed E-state index contributed by atoms with van der Waals surface area (Å²) < 4.78 is 5.23. The smallest absolute Gasteiger partial charge is 0.177 e. The van der Waals surface area contributed by atoms with Gasteiger partial charge in [0.05, 0.1) is 29.5 Å². The van der Waals surface area contributed by atoms with Gasteiger partial charge in [-0.15, -0.1) is 0 Å². The van der Waals surface area contributed by atoms with E-state index in [-0.39, 0.29) is 0 Å². The number of methoxy groups -OCH3 is 1. The van der Waals surface area contributed by atoms with Crippen molar-refractivity contribution in [2.24, 2.45) is 0 Å². The van der Waals surface area contributed by atoms with E-state index >= 15 is 0 Å². The molecule has 33 heavy (non-hydrogen) atoms. The van der Waals surface area contributed by atoms with Gasteiger partial charge in [-0.05, 0) is 78.9 Å². The molecule has 8 heteroatoms. The maximum Gasteiger partial charge on any atom is 0.177 e. The summed E-state index contributed by atoms with van der Waals surface area (Å²) in [7, 11) is 3.57. The van der Waals surface area contributed by atoms with E-state index in [1.165, 1.54) is 0 Å².